The predicted molar refractivity (Wildman–Crippen MR) is 99.5 cm³/mol. The monoisotopic (exact) mass is 329 g/mol. The van der Waals surface area contributed by atoms with E-state index < -0.39 is 5.60 Å². The molecule has 2 aromatic rings. The summed E-state index contributed by atoms with van der Waals surface area (Å²) in [5.41, 5.74) is 2.18. The first-order valence-corrected chi connectivity index (χ1v) is 8.56. The minimum absolute atomic E-state index is 0.192. The lowest BCUT2D eigenvalue weighted by atomic mass is 10.0. The molecule has 6 heteroatoms. The van der Waals surface area contributed by atoms with Gasteiger partial charge in [-0.1, -0.05) is 24.3 Å². The molecular weight excluding hydrogens is 301 g/mol. The number of aryl methyl sites for hydroxylation is 1. The van der Waals surface area contributed by atoms with Gasteiger partial charge in [-0.3, -0.25) is 0 Å². The Morgan fingerprint density at radius 1 is 1.29 bits per heavy atom. The van der Waals surface area contributed by atoms with Crippen molar-refractivity contribution in [2.45, 2.75) is 51.8 Å². The number of imidazole rings is 1. The molecule has 5 nitrogen and oxygen atoms in total. The minimum atomic E-state index is -0.960. The summed E-state index contributed by atoms with van der Waals surface area (Å²) in [6.45, 7) is 6.52. The van der Waals surface area contributed by atoms with Crippen molar-refractivity contribution in [2.75, 3.05) is 6.61 Å². The van der Waals surface area contributed by atoms with Gasteiger partial charge in [-0.2, -0.15) is 0 Å². The lowest BCUT2D eigenvalue weighted by Gasteiger charge is -2.17. The van der Waals surface area contributed by atoms with E-state index in [0.29, 0.717) is 5.82 Å². The molecule has 1 aromatic heterocycles. The van der Waals surface area contributed by atoms with Crippen molar-refractivity contribution in [2.24, 2.45) is 0 Å². The first-order chi connectivity index (χ1) is 11.4. The van der Waals surface area contributed by atoms with Gasteiger partial charge in [0, 0.05) is 31.0 Å². The van der Waals surface area contributed by atoms with Crippen molar-refractivity contribution in [1.82, 2.24) is 14.8 Å². The van der Waals surface area contributed by atoms with Crippen molar-refractivity contribution in [3.05, 3.63) is 41.9 Å². The molecule has 0 aliphatic carbocycles. The van der Waals surface area contributed by atoms with Crippen LogP contribution in [0.1, 0.15) is 38.6 Å². The van der Waals surface area contributed by atoms with E-state index >= 15 is 0 Å². The highest BCUT2D eigenvalue weighted by atomic mass is 16.3. The highest BCUT2D eigenvalue weighted by Crippen LogP contribution is 2.25. The second-order valence-corrected chi connectivity index (χ2v) is 6.69. The summed E-state index contributed by atoms with van der Waals surface area (Å²) in [7, 11) is 1.92. The van der Waals surface area contributed by atoms with E-state index in [9.17, 15) is 5.11 Å². The molecule has 24 heavy (non-hydrogen) atoms. The molecule has 1 unspecified atom stereocenters. The van der Waals surface area contributed by atoms with E-state index in [1.165, 1.54) is 5.56 Å². The second-order valence-electron chi connectivity index (χ2n) is 6.69. The van der Waals surface area contributed by atoms with Gasteiger partial charge in [0.05, 0.1) is 5.69 Å². The number of hydrogen-bond acceptors (Lipinski definition) is 4. The fourth-order valence-electron chi connectivity index (χ4n) is 2.88. The number of rotatable bonds is 8. The Kier molecular flexibility index (Phi) is 6.21. The van der Waals surface area contributed by atoms with Crippen LogP contribution in [-0.2, 0) is 18.6 Å². The topological polar surface area (TPSA) is 70.3 Å². The number of aliphatic hydroxyl groups excluding tert-OH is 1. The van der Waals surface area contributed by atoms with Gasteiger partial charge in [-0.15, -0.1) is 0 Å². The van der Waals surface area contributed by atoms with Gasteiger partial charge in [-0.05, 0) is 39.2 Å². The van der Waals surface area contributed by atoms with E-state index in [1.54, 1.807) is 13.8 Å². The molecule has 0 amide bonds. The van der Waals surface area contributed by atoms with Gasteiger partial charge in [0.15, 0.2) is 7.98 Å². The Balaban J connectivity index is 2.20. The minimum Gasteiger partial charge on any atom is -0.396 e. The van der Waals surface area contributed by atoms with E-state index in [1.807, 2.05) is 25.7 Å². The van der Waals surface area contributed by atoms with Gasteiger partial charge in [-0.25, -0.2) is 4.98 Å². The molecule has 1 aromatic carbocycles. The predicted octanol–water partition coefficient (Wildman–Crippen LogP) is 1.23. The Morgan fingerprint density at radius 2 is 1.96 bits per heavy atom. The maximum atomic E-state index is 10.3. The Bertz CT molecular complexity index is 647. The number of nitrogens with zero attached hydrogens (tertiary/aromatic N) is 2. The Hall–Kier alpha value is -1.63. The molecule has 0 saturated heterocycles. The first kappa shape index (κ1) is 18.7. The van der Waals surface area contributed by atoms with Gasteiger partial charge in [0.2, 0.25) is 0 Å². The molecule has 130 valence electrons. The Labute approximate surface area is 145 Å². The number of benzene rings is 1. The summed E-state index contributed by atoms with van der Waals surface area (Å²) < 4.78 is 1.99. The zero-order valence-electron chi connectivity index (χ0n) is 15.1. The lowest BCUT2D eigenvalue weighted by molar-refractivity contribution is 0.0650. The summed E-state index contributed by atoms with van der Waals surface area (Å²) in [6.07, 6.45) is 3.62. The van der Waals surface area contributed by atoms with Crippen LogP contribution >= 0.6 is 0 Å². The molecule has 0 radical (unpaired) electrons. The van der Waals surface area contributed by atoms with Crippen molar-refractivity contribution in [3.8, 4) is 11.3 Å². The maximum Gasteiger partial charge on any atom is 0.182 e. The maximum absolute atomic E-state index is 10.3. The van der Waals surface area contributed by atoms with Crippen molar-refractivity contribution in [3.63, 3.8) is 0 Å². The number of aromatic nitrogens is 2. The van der Waals surface area contributed by atoms with Crippen LogP contribution in [0.2, 0.25) is 0 Å². The third-order valence-electron chi connectivity index (χ3n) is 4.28. The van der Waals surface area contributed by atoms with E-state index in [-0.39, 0.29) is 12.6 Å². The fraction of sp³-hybridized carbons (Fsp3) is 0.500. The summed E-state index contributed by atoms with van der Waals surface area (Å²) in [6, 6.07) is 8.62. The Morgan fingerprint density at radius 3 is 2.42 bits per heavy atom. The van der Waals surface area contributed by atoms with Crippen LogP contribution in [0.3, 0.4) is 0 Å². The quantitative estimate of drug-likeness (QED) is 0.637. The highest BCUT2D eigenvalue weighted by Gasteiger charge is 2.23. The largest absolute Gasteiger partial charge is 0.396 e. The zero-order valence-corrected chi connectivity index (χ0v) is 15.1. The molecular formula is C18H28BN3O2. The SMILES string of the molecule is BNC(CCO)Cc1ccc(-c2cn(CC)c(C(C)(C)O)n2)cc1. The third kappa shape index (κ3) is 4.47. The van der Waals surface area contributed by atoms with E-state index in [0.717, 1.165) is 30.6 Å². The number of hydrogen-bond donors (Lipinski definition) is 3. The van der Waals surface area contributed by atoms with Crippen LogP contribution in [0.15, 0.2) is 30.5 Å². The molecule has 1 atom stereocenters. The molecule has 0 aliphatic heterocycles. The van der Waals surface area contributed by atoms with Gasteiger partial charge in [0.25, 0.3) is 0 Å². The smallest absolute Gasteiger partial charge is 0.182 e. The molecule has 0 bridgehead atoms. The molecule has 1 heterocycles. The van der Waals surface area contributed by atoms with Gasteiger partial charge < -0.3 is 20.0 Å². The second kappa shape index (κ2) is 7.97. The summed E-state index contributed by atoms with van der Waals surface area (Å²) in [5.74, 6) is 0.683. The molecule has 0 aliphatic rings. The zero-order chi connectivity index (χ0) is 17.7. The van der Waals surface area contributed by atoms with Crippen LogP contribution < -0.4 is 5.23 Å². The third-order valence-corrected chi connectivity index (χ3v) is 4.28. The van der Waals surface area contributed by atoms with Gasteiger partial charge >= 0.3 is 0 Å². The van der Waals surface area contributed by atoms with Gasteiger partial charge in [0.1, 0.15) is 11.4 Å². The van der Waals surface area contributed by atoms with Crippen LogP contribution in [0.4, 0.5) is 0 Å². The summed E-state index contributed by atoms with van der Waals surface area (Å²) in [5, 5.41) is 22.6. The average molecular weight is 329 g/mol. The first-order valence-electron chi connectivity index (χ1n) is 8.56. The summed E-state index contributed by atoms with van der Waals surface area (Å²) in [4.78, 5) is 4.63. The summed E-state index contributed by atoms with van der Waals surface area (Å²) >= 11 is 0. The number of nitrogens with one attached hydrogen (secondary N) is 1. The molecule has 0 spiro atoms. The standard InChI is InChI=1S/C18H28BN3O2/c1-4-22-12-16(20-17(22)18(2,3)24)14-7-5-13(6-8-14)11-15(21-19)9-10-23/h5-8,12,15,21,23-24H,4,9-11,19H2,1-3H3. The van der Waals surface area contributed by atoms with Crippen molar-refractivity contribution in [1.29, 1.82) is 0 Å². The van der Waals surface area contributed by atoms with E-state index in [2.05, 4.69) is 34.5 Å². The van der Waals surface area contributed by atoms with Crippen LogP contribution in [0.5, 0.6) is 0 Å². The number of aliphatic hydroxyl groups is 2. The van der Waals surface area contributed by atoms with Crippen LogP contribution in [-0.4, -0.2) is 40.4 Å². The lowest BCUT2D eigenvalue weighted by Crippen LogP contribution is -2.29. The average Bonchev–Trinajstić information content (AvgIpc) is 3.00. The van der Waals surface area contributed by atoms with Crippen LogP contribution in [0.25, 0.3) is 11.3 Å². The molecule has 2 rings (SSSR count). The highest BCUT2D eigenvalue weighted by molar-refractivity contribution is 6.04. The normalized spacial score (nSPS) is 13.2. The molecule has 3 N–H and O–H groups in total. The molecule has 0 saturated carbocycles. The van der Waals surface area contributed by atoms with Crippen molar-refractivity contribution >= 4 is 7.98 Å². The van der Waals surface area contributed by atoms with Crippen LogP contribution in [0, 0.1) is 0 Å². The fourth-order valence-corrected chi connectivity index (χ4v) is 2.88. The van der Waals surface area contributed by atoms with Crippen molar-refractivity contribution < 1.29 is 10.2 Å². The molecule has 0 fully saturated rings. The van der Waals surface area contributed by atoms with E-state index in [4.69, 9.17) is 5.11 Å².